The molecular weight excluding hydrogens is 226 g/mol. The van der Waals surface area contributed by atoms with Crippen LogP contribution in [0.15, 0.2) is 24.5 Å². The van der Waals surface area contributed by atoms with E-state index in [0.717, 1.165) is 36.0 Å². The third kappa shape index (κ3) is 1.64. The summed E-state index contributed by atoms with van der Waals surface area (Å²) in [6, 6.07) is 5.81. The largest absolute Gasteiger partial charge is 0.334 e. The first kappa shape index (κ1) is 11.4. The summed E-state index contributed by atoms with van der Waals surface area (Å²) in [6.07, 6.45) is 3.76. The minimum absolute atomic E-state index is 0.156. The van der Waals surface area contributed by atoms with Crippen molar-refractivity contribution in [2.45, 2.75) is 12.8 Å². The number of imidazole rings is 1. The molecule has 1 aromatic heterocycles. The van der Waals surface area contributed by atoms with Gasteiger partial charge < -0.3 is 9.88 Å². The summed E-state index contributed by atoms with van der Waals surface area (Å²) < 4.78 is 1.96. The molecule has 0 atom stereocenters. The number of fused-ring (bicyclic) bond motifs is 1. The topological polar surface area (TPSA) is 46.9 Å². The number of nitrogens with one attached hydrogen (secondary N) is 1. The number of carbonyl (C=O) groups excluding carboxylic acids is 1. The van der Waals surface area contributed by atoms with Crippen LogP contribution in [0.3, 0.4) is 0 Å². The van der Waals surface area contributed by atoms with Gasteiger partial charge in [-0.25, -0.2) is 4.98 Å². The van der Waals surface area contributed by atoms with Crippen LogP contribution in [-0.2, 0) is 7.05 Å². The molecule has 1 aromatic carbocycles. The molecule has 18 heavy (non-hydrogen) atoms. The van der Waals surface area contributed by atoms with Gasteiger partial charge in [0.25, 0.3) is 0 Å². The Kier molecular flexibility index (Phi) is 2.48. The van der Waals surface area contributed by atoms with Crippen molar-refractivity contribution in [3.63, 3.8) is 0 Å². The first-order valence-electron chi connectivity index (χ1n) is 6.27. The molecule has 0 unspecified atom stereocenters. The lowest BCUT2D eigenvalue weighted by atomic mass is 9.94. The van der Waals surface area contributed by atoms with E-state index in [4.69, 9.17) is 0 Å². The molecule has 0 amide bonds. The predicted molar refractivity (Wildman–Crippen MR) is 70.6 cm³/mol. The molecule has 4 heteroatoms. The first-order valence-corrected chi connectivity index (χ1v) is 6.27. The second kappa shape index (κ2) is 3.92. The van der Waals surface area contributed by atoms with Crippen LogP contribution >= 0.6 is 0 Å². The van der Waals surface area contributed by atoms with E-state index in [9.17, 15) is 4.79 Å². The standard InChI is InChI=1S/C14H17N3O/c1-15-8-14(5-6-14)13(18)10-3-4-12-11(7-10)16-9-17(12)2/h3-4,7,9,15H,5-6,8H2,1-2H3. The van der Waals surface area contributed by atoms with Crippen LogP contribution in [0.5, 0.6) is 0 Å². The molecule has 1 aliphatic rings. The highest BCUT2D eigenvalue weighted by molar-refractivity contribution is 6.04. The minimum Gasteiger partial charge on any atom is -0.334 e. The van der Waals surface area contributed by atoms with Gasteiger partial charge in [-0.1, -0.05) is 0 Å². The summed E-state index contributed by atoms with van der Waals surface area (Å²) in [7, 11) is 3.86. The summed E-state index contributed by atoms with van der Waals surface area (Å²) in [4.78, 5) is 16.8. The molecule has 0 saturated heterocycles. The normalized spacial score (nSPS) is 17.0. The fraction of sp³-hybridized carbons (Fsp3) is 0.429. The zero-order chi connectivity index (χ0) is 12.8. The lowest BCUT2D eigenvalue weighted by Gasteiger charge is -2.13. The van der Waals surface area contributed by atoms with Crippen molar-refractivity contribution >= 4 is 16.8 Å². The van der Waals surface area contributed by atoms with E-state index in [2.05, 4.69) is 10.3 Å². The summed E-state index contributed by atoms with van der Waals surface area (Å²) in [6.45, 7) is 0.770. The van der Waals surface area contributed by atoms with Crippen molar-refractivity contribution in [2.75, 3.05) is 13.6 Å². The number of hydrogen-bond acceptors (Lipinski definition) is 3. The molecule has 0 bridgehead atoms. The van der Waals surface area contributed by atoms with E-state index in [0.29, 0.717) is 0 Å². The Morgan fingerprint density at radius 1 is 1.50 bits per heavy atom. The van der Waals surface area contributed by atoms with Crippen molar-refractivity contribution in [3.05, 3.63) is 30.1 Å². The zero-order valence-corrected chi connectivity index (χ0v) is 10.7. The fourth-order valence-electron chi connectivity index (χ4n) is 2.56. The molecule has 1 heterocycles. The molecule has 1 aliphatic carbocycles. The quantitative estimate of drug-likeness (QED) is 0.832. The molecular formula is C14H17N3O. The van der Waals surface area contributed by atoms with Crippen molar-refractivity contribution in [1.29, 1.82) is 0 Å². The van der Waals surface area contributed by atoms with Gasteiger partial charge in [0.05, 0.1) is 17.4 Å². The number of hydrogen-bond donors (Lipinski definition) is 1. The molecule has 1 N–H and O–H groups in total. The van der Waals surface area contributed by atoms with Crippen LogP contribution in [0.4, 0.5) is 0 Å². The molecule has 4 nitrogen and oxygen atoms in total. The average Bonchev–Trinajstić information content (AvgIpc) is 3.07. The van der Waals surface area contributed by atoms with Crippen LogP contribution in [0.1, 0.15) is 23.2 Å². The third-order valence-electron chi connectivity index (χ3n) is 3.84. The number of Topliss-reactive ketones (excluding diaryl/α,β-unsaturated/α-hetero) is 1. The minimum atomic E-state index is -0.156. The number of aromatic nitrogens is 2. The number of benzene rings is 1. The summed E-state index contributed by atoms with van der Waals surface area (Å²) in [5.41, 5.74) is 2.58. The van der Waals surface area contributed by atoms with Crippen LogP contribution in [0.25, 0.3) is 11.0 Å². The molecule has 1 fully saturated rings. The van der Waals surface area contributed by atoms with Crippen molar-refractivity contribution in [3.8, 4) is 0 Å². The van der Waals surface area contributed by atoms with Gasteiger partial charge in [0.15, 0.2) is 5.78 Å². The van der Waals surface area contributed by atoms with Gasteiger partial charge in [-0.15, -0.1) is 0 Å². The molecule has 0 radical (unpaired) electrons. The SMILES string of the molecule is CNCC1(C(=O)c2ccc3c(c2)ncn3C)CC1. The lowest BCUT2D eigenvalue weighted by Crippen LogP contribution is -2.27. The van der Waals surface area contributed by atoms with Gasteiger partial charge in [-0.05, 0) is 38.1 Å². The Balaban J connectivity index is 1.97. The summed E-state index contributed by atoms with van der Waals surface area (Å²) in [5, 5.41) is 3.12. The molecule has 94 valence electrons. The summed E-state index contributed by atoms with van der Waals surface area (Å²) >= 11 is 0. The van der Waals surface area contributed by atoms with Gasteiger partial charge in [0.2, 0.25) is 0 Å². The van der Waals surface area contributed by atoms with Crippen LogP contribution in [0, 0.1) is 5.41 Å². The number of aryl methyl sites for hydroxylation is 1. The van der Waals surface area contributed by atoms with Gasteiger partial charge in [0, 0.05) is 24.6 Å². The smallest absolute Gasteiger partial charge is 0.170 e. The van der Waals surface area contributed by atoms with Crippen molar-refractivity contribution < 1.29 is 4.79 Å². The van der Waals surface area contributed by atoms with E-state index in [-0.39, 0.29) is 11.2 Å². The van der Waals surface area contributed by atoms with E-state index < -0.39 is 0 Å². The second-order valence-corrected chi connectivity index (χ2v) is 5.20. The zero-order valence-electron chi connectivity index (χ0n) is 10.7. The van der Waals surface area contributed by atoms with Crippen molar-refractivity contribution in [2.24, 2.45) is 12.5 Å². The number of nitrogens with zero attached hydrogens (tertiary/aromatic N) is 2. The second-order valence-electron chi connectivity index (χ2n) is 5.20. The number of carbonyl (C=O) groups is 1. The molecule has 2 aromatic rings. The highest BCUT2D eigenvalue weighted by Crippen LogP contribution is 2.47. The van der Waals surface area contributed by atoms with Gasteiger partial charge in [-0.2, -0.15) is 0 Å². The van der Waals surface area contributed by atoms with E-state index >= 15 is 0 Å². The Bertz CT molecular complexity index is 611. The molecule has 3 rings (SSSR count). The van der Waals surface area contributed by atoms with Gasteiger partial charge in [0.1, 0.15) is 0 Å². The van der Waals surface area contributed by atoms with Crippen LogP contribution in [0.2, 0.25) is 0 Å². The van der Waals surface area contributed by atoms with Gasteiger partial charge in [-0.3, -0.25) is 4.79 Å². The Morgan fingerprint density at radius 3 is 2.94 bits per heavy atom. The fourth-order valence-corrected chi connectivity index (χ4v) is 2.56. The maximum atomic E-state index is 12.5. The lowest BCUT2D eigenvalue weighted by molar-refractivity contribution is 0.0900. The molecule has 1 saturated carbocycles. The Labute approximate surface area is 106 Å². The highest BCUT2D eigenvalue weighted by atomic mass is 16.1. The maximum absolute atomic E-state index is 12.5. The van der Waals surface area contributed by atoms with Crippen molar-refractivity contribution in [1.82, 2.24) is 14.9 Å². The average molecular weight is 243 g/mol. The number of ketones is 1. The van der Waals surface area contributed by atoms with Crippen LogP contribution in [-0.4, -0.2) is 28.9 Å². The first-order chi connectivity index (χ1) is 8.66. The Morgan fingerprint density at radius 2 is 2.28 bits per heavy atom. The van der Waals surface area contributed by atoms with E-state index in [1.54, 1.807) is 6.33 Å². The van der Waals surface area contributed by atoms with Crippen LogP contribution < -0.4 is 5.32 Å². The van der Waals surface area contributed by atoms with Gasteiger partial charge >= 0.3 is 0 Å². The molecule has 0 aliphatic heterocycles. The number of rotatable bonds is 4. The maximum Gasteiger partial charge on any atom is 0.170 e. The van der Waals surface area contributed by atoms with E-state index in [1.165, 1.54) is 0 Å². The summed E-state index contributed by atoms with van der Waals surface area (Å²) in [5.74, 6) is 0.254. The van der Waals surface area contributed by atoms with E-state index in [1.807, 2.05) is 36.9 Å². The monoisotopic (exact) mass is 243 g/mol. The third-order valence-corrected chi connectivity index (χ3v) is 3.84. The predicted octanol–water partition coefficient (Wildman–Crippen LogP) is 1.76. The highest BCUT2D eigenvalue weighted by Gasteiger charge is 2.49. The Hall–Kier alpha value is -1.68. The molecule has 0 spiro atoms.